The van der Waals surface area contributed by atoms with Gasteiger partial charge in [0.15, 0.2) is 0 Å². The molecule has 32 heavy (non-hydrogen) atoms. The van der Waals surface area contributed by atoms with E-state index in [1.807, 2.05) is 54.6 Å². The van der Waals surface area contributed by atoms with Crippen molar-refractivity contribution in [3.63, 3.8) is 0 Å². The fourth-order valence-corrected chi connectivity index (χ4v) is 3.50. The Labute approximate surface area is 197 Å². The molecule has 2 amide bonds. The van der Waals surface area contributed by atoms with Crippen LogP contribution in [0.4, 0.5) is 4.79 Å². The van der Waals surface area contributed by atoms with Crippen LogP contribution in [0.15, 0.2) is 59.1 Å². The molecule has 2 aromatic carbocycles. The van der Waals surface area contributed by atoms with Crippen molar-refractivity contribution in [1.82, 2.24) is 10.6 Å². The third-order valence-electron chi connectivity index (χ3n) is 4.71. The summed E-state index contributed by atoms with van der Waals surface area (Å²) in [5, 5.41) is 5.46. The molecule has 8 heteroatoms. The SMILES string of the molecule is COC(=O)[C@H](Cc1cccc(Br)c1)NC(=O)CCCCCNC(=O)OCc1ccccc1. The molecule has 0 aliphatic rings. The highest BCUT2D eigenvalue weighted by Gasteiger charge is 2.21. The number of unbranched alkanes of at least 4 members (excludes halogenated alkanes) is 2. The van der Waals surface area contributed by atoms with E-state index in [1.165, 1.54) is 7.11 Å². The number of rotatable bonds is 12. The Hall–Kier alpha value is -2.87. The van der Waals surface area contributed by atoms with Crippen molar-refractivity contribution in [3.8, 4) is 0 Å². The van der Waals surface area contributed by atoms with E-state index in [-0.39, 0.29) is 12.5 Å². The van der Waals surface area contributed by atoms with E-state index in [1.54, 1.807) is 0 Å². The van der Waals surface area contributed by atoms with Crippen LogP contribution in [0, 0.1) is 0 Å². The average molecular weight is 505 g/mol. The molecule has 2 N–H and O–H groups in total. The van der Waals surface area contributed by atoms with Gasteiger partial charge in [0.05, 0.1) is 7.11 Å². The predicted octanol–water partition coefficient (Wildman–Crippen LogP) is 4.14. The quantitative estimate of drug-likeness (QED) is 0.334. The molecule has 2 aromatic rings. The molecule has 0 radical (unpaired) electrons. The van der Waals surface area contributed by atoms with Gasteiger partial charge >= 0.3 is 12.1 Å². The van der Waals surface area contributed by atoms with Gasteiger partial charge in [-0.25, -0.2) is 9.59 Å². The van der Waals surface area contributed by atoms with E-state index in [4.69, 9.17) is 9.47 Å². The first kappa shape index (κ1) is 25.4. The van der Waals surface area contributed by atoms with Gasteiger partial charge in [0, 0.05) is 23.9 Å². The molecule has 7 nitrogen and oxygen atoms in total. The van der Waals surface area contributed by atoms with Crippen molar-refractivity contribution >= 4 is 33.9 Å². The zero-order chi connectivity index (χ0) is 23.2. The summed E-state index contributed by atoms with van der Waals surface area (Å²) in [6.45, 7) is 0.705. The van der Waals surface area contributed by atoms with Crippen molar-refractivity contribution in [1.29, 1.82) is 0 Å². The van der Waals surface area contributed by atoms with Gasteiger partial charge < -0.3 is 20.1 Å². The summed E-state index contributed by atoms with van der Waals surface area (Å²) >= 11 is 3.40. The highest BCUT2D eigenvalue weighted by atomic mass is 79.9. The van der Waals surface area contributed by atoms with Crippen LogP contribution in [0.25, 0.3) is 0 Å². The Balaban J connectivity index is 1.61. The van der Waals surface area contributed by atoms with Crippen LogP contribution in [0.2, 0.25) is 0 Å². The van der Waals surface area contributed by atoms with Crippen LogP contribution >= 0.6 is 15.9 Å². The number of nitrogens with one attached hydrogen (secondary N) is 2. The van der Waals surface area contributed by atoms with Crippen molar-refractivity contribution in [2.75, 3.05) is 13.7 Å². The van der Waals surface area contributed by atoms with Crippen molar-refractivity contribution in [3.05, 3.63) is 70.2 Å². The lowest BCUT2D eigenvalue weighted by Crippen LogP contribution is -2.43. The smallest absolute Gasteiger partial charge is 0.407 e. The first-order valence-electron chi connectivity index (χ1n) is 10.5. The van der Waals surface area contributed by atoms with Gasteiger partial charge in [-0.05, 0) is 36.1 Å². The fourth-order valence-electron chi connectivity index (χ4n) is 3.05. The number of hydrogen-bond acceptors (Lipinski definition) is 5. The Kier molecular flexibility index (Phi) is 11.3. The Bertz CT molecular complexity index is 876. The maximum atomic E-state index is 12.3. The minimum atomic E-state index is -0.733. The molecule has 0 heterocycles. The fraction of sp³-hybridized carbons (Fsp3) is 0.375. The summed E-state index contributed by atoms with van der Waals surface area (Å²) in [4.78, 5) is 36.0. The molecule has 0 aromatic heterocycles. The molecule has 2 rings (SSSR count). The first-order valence-corrected chi connectivity index (χ1v) is 11.3. The van der Waals surface area contributed by atoms with Crippen LogP contribution in [0.1, 0.15) is 36.8 Å². The topological polar surface area (TPSA) is 93.7 Å². The number of benzene rings is 2. The highest BCUT2D eigenvalue weighted by Crippen LogP contribution is 2.14. The number of halogens is 1. The Morgan fingerprint density at radius 2 is 1.72 bits per heavy atom. The van der Waals surface area contributed by atoms with Crippen molar-refractivity contribution in [2.24, 2.45) is 0 Å². The third kappa shape index (κ3) is 9.96. The second-order valence-electron chi connectivity index (χ2n) is 7.28. The summed E-state index contributed by atoms with van der Waals surface area (Å²) in [7, 11) is 1.31. The monoisotopic (exact) mass is 504 g/mol. The summed E-state index contributed by atoms with van der Waals surface area (Å²) in [6.07, 6.45) is 2.34. The standard InChI is InChI=1S/C24H29BrN2O5/c1-31-23(29)21(16-19-11-8-12-20(25)15-19)27-22(28)13-6-3-7-14-26-24(30)32-17-18-9-4-2-5-10-18/h2,4-5,8-12,15,21H,3,6-7,13-14,16-17H2,1H3,(H,26,30)(H,27,28)/t21-/m0/s1. The minimum absolute atomic E-state index is 0.203. The lowest BCUT2D eigenvalue weighted by Gasteiger charge is -2.17. The van der Waals surface area contributed by atoms with E-state index >= 15 is 0 Å². The van der Waals surface area contributed by atoms with Crippen LogP contribution in [-0.2, 0) is 32.1 Å². The van der Waals surface area contributed by atoms with E-state index in [2.05, 4.69) is 26.6 Å². The van der Waals surface area contributed by atoms with Gasteiger partial charge in [-0.2, -0.15) is 0 Å². The normalized spacial score (nSPS) is 11.3. The summed E-state index contributed by atoms with van der Waals surface area (Å²) in [6, 6.07) is 16.3. The number of esters is 1. The number of carbonyl (C=O) groups is 3. The van der Waals surface area contributed by atoms with Gasteiger partial charge in [0.25, 0.3) is 0 Å². The van der Waals surface area contributed by atoms with Gasteiger partial charge in [0.1, 0.15) is 12.6 Å². The molecular weight excluding hydrogens is 476 g/mol. The van der Waals surface area contributed by atoms with Crippen LogP contribution in [0.5, 0.6) is 0 Å². The van der Waals surface area contributed by atoms with E-state index in [0.717, 1.165) is 28.4 Å². The van der Waals surface area contributed by atoms with Crippen molar-refractivity contribution in [2.45, 2.75) is 44.8 Å². The number of methoxy groups -OCH3 is 1. The van der Waals surface area contributed by atoms with Crippen LogP contribution < -0.4 is 10.6 Å². The molecule has 172 valence electrons. The predicted molar refractivity (Wildman–Crippen MR) is 125 cm³/mol. The maximum Gasteiger partial charge on any atom is 0.407 e. The maximum absolute atomic E-state index is 12.3. The van der Waals surface area contributed by atoms with E-state index in [9.17, 15) is 14.4 Å². The molecule has 0 spiro atoms. The number of ether oxygens (including phenoxy) is 2. The summed E-state index contributed by atoms with van der Waals surface area (Å²) < 4.78 is 10.9. The molecule has 0 unspecified atom stereocenters. The molecule has 0 saturated heterocycles. The van der Waals surface area contributed by atoms with Crippen molar-refractivity contribution < 1.29 is 23.9 Å². The largest absolute Gasteiger partial charge is 0.467 e. The van der Waals surface area contributed by atoms with Crippen LogP contribution in [0.3, 0.4) is 0 Å². The second-order valence-corrected chi connectivity index (χ2v) is 8.19. The summed E-state index contributed by atoms with van der Waals surface area (Å²) in [5.41, 5.74) is 1.85. The zero-order valence-electron chi connectivity index (χ0n) is 18.1. The number of hydrogen-bond donors (Lipinski definition) is 2. The molecule has 0 bridgehead atoms. The highest BCUT2D eigenvalue weighted by molar-refractivity contribution is 9.10. The molecular formula is C24H29BrN2O5. The molecule has 0 saturated carbocycles. The van der Waals surface area contributed by atoms with Gasteiger partial charge in [-0.1, -0.05) is 64.8 Å². The number of alkyl carbamates (subject to hydrolysis) is 1. The van der Waals surface area contributed by atoms with E-state index < -0.39 is 18.1 Å². The Morgan fingerprint density at radius 3 is 2.44 bits per heavy atom. The second kappa shape index (κ2) is 14.2. The average Bonchev–Trinajstić information content (AvgIpc) is 2.79. The molecule has 1 atom stereocenters. The molecule has 0 aliphatic heterocycles. The van der Waals surface area contributed by atoms with Gasteiger partial charge in [-0.15, -0.1) is 0 Å². The number of amides is 2. The zero-order valence-corrected chi connectivity index (χ0v) is 19.7. The Morgan fingerprint density at radius 1 is 0.969 bits per heavy atom. The molecule has 0 aliphatic carbocycles. The van der Waals surface area contributed by atoms with Gasteiger partial charge in [-0.3, -0.25) is 4.79 Å². The van der Waals surface area contributed by atoms with E-state index in [0.29, 0.717) is 25.8 Å². The lowest BCUT2D eigenvalue weighted by molar-refractivity contribution is -0.145. The molecule has 0 fully saturated rings. The minimum Gasteiger partial charge on any atom is -0.467 e. The summed E-state index contributed by atoms with van der Waals surface area (Å²) in [5.74, 6) is -0.679. The van der Waals surface area contributed by atoms with Crippen LogP contribution in [-0.4, -0.2) is 37.7 Å². The first-order chi connectivity index (χ1) is 15.5. The number of carbonyl (C=O) groups excluding carboxylic acids is 3. The van der Waals surface area contributed by atoms with Gasteiger partial charge in [0.2, 0.25) is 5.91 Å². The lowest BCUT2D eigenvalue weighted by atomic mass is 10.1. The third-order valence-corrected chi connectivity index (χ3v) is 5.21.